The lowest BCUT2D eigenvalue weighted by atomic mass is 9.99. The van der Waals surface area contributed by atoms with E-state index in [1.807, 2.05) is 0 Å². The molecule has 0 saturated heterocycles. The Labute approximate surface area is 157 Å². The highest BCUT2D eigenvalue weighted by molar-refractivity contribution is 5.79. The van der Waals surface area contributed by atoms with E-state index in [2.05, 4.69) is 82.7 Å². The molecule has 1 aliphatic heterocycles. The Kier molecular flexibility index (Phi) is 6.72. The molecule has 3 rings (SSSR count). The van der Waals surface area contributed by atoms with Crippen LogP contribution in [0.4, 0.5) is 0 Å². The van der Waals surface area contributed by atoms with E-state index in [-0.39, 0.29) is 0 Å². The van der Waals surface area contributed by atoms with E-state index in [1.54, 1.807) is 0 Å². The summed E-state index contributed by atoms with van der Waals surface area (Å²) in [4.78, 5) is 7.34. The number of benzene rings is 1. The number of aromatic nitrogens is 1. The lowest BCUT2D eigenvalue weighted by Crippen LogP contribution is -2.42. The molecule has 5 heteroatoms. The highest BCUT2D eigenvalue weighted by Crippen LogP contribution is 2.20. The molecule has 0 bridgehead atoms. The second-order valence-electron chi connectivity index (χ2n) is 6.91. The number of guanidine groups is 1. The molecule has 0 aliphatic carbocycles. The highest BCUT2D eigenvalue weighted by atomic mass is 15.2. The molecule has 1 unspecified atom stereocenters. The molecule has 26 heavy (non-hydrogen) atoms. The average molecular weight is 354 g/mol. The first kappa shape index (κ1) is 18.5. The summed E-state index contributed by atoms with van der Waals surface area (Å²) in [5, 5.41) is 6.78. The summed E-state index contributed by atoms with van der Waals surface area (Å²) < 4.78 is 2.17. The van der Waals surface area contributed by atoms with Crippen LogP contribution in [0.25, 0.3) is 0 Å². The van der Waals surface area contributed by atoms with Gasteiger partial charge in [0.15, 0.2) is 5.96 Å². The minimum atomic E-state index is 0.434. The number of rotatable bonds is 7. The fourth-order valence-electron chi connectivity index (χ4n) is 3.40. The lowest BCUT2D eigenvalue weighted by molar-refractivity contribution is 0.195. The number of nitrogens with one attached hydrogen (secondary N) is 2. The van der Waals surface area contributed by atoms with Crippen LogP contribution < -0.4 is 10.6 Å². The fourth-order valence-corrected chi connectivity index (χ4v) is 3.40. The van der Waals surface area contributed by atoms with E-state index >= 15 is 0 Å². The molecule has 0 saturated carbocycles. The van der Waals surface area contributed by atoms with Crippen LogP contribution in [-0.4, -0.2) is 47.6 Å². The molecular formula is C21H31N5. The first-order chi connectivity index (χ1) is 12.8. The van der Waals surface area contributed by atoms with Gasteiger partial charge in [-0.2, -0.15) is 0 Å². The molecule has 2 heterocycles. The largest absolute Gasteiger partial charge is 0.357 e. The van der Waals surface area contributed by atoms with Gasteiger partial charge in [-0.25, -0.2) is 0 Å². The molecule has 1 aromatic heterocycles. The highest BCUT2D eigenvalue weighted by Gasteiger charge is 2.20. The van der Waals surface area contributed by atoms with E-state index < -0.39 is 0 Å². The van der Waals surface area contributed by atoms with Gasteiger partial charge in [0.05, 0.1) is 6.54 Å². The van der Waals surface area contributed by atoms with Crippen molar-refractivity contribution in [1.29, 1.82) is 0 Å². The average Bonchev–Trinajstić information content (AvgIpc) is 3.19. The van der Waals surface area contributed by atoms with Crippen LogP contribution in [0.5, 0.6) is 0 Å². The minimum absolute atomic E-state index is 0.434. The normalized spacial score (nSPS) is 16.2. The summed E-state index contributed by atoms with van der Waals surface area (Å²) in [7, 11) is 0. The molecule has 0 amide bonds. The number of hydrogen-bond acceptors (Lipinski definition) is 2. The predicted octanol–water partition coefficient (Wildman–Crippen LogP) is 2.49. The monoisotopic (exact) mass is 353 g/mol. The Morgan fingerprint density at radius 3 is 2.65 bits per heavy atom. The second kappa shape index (κ2) is 9.43. The lowest BCUT2D eigenvalue weighted by Gasteiger charge is -2.33. The summed E-state index contributed by atoms with van der Waals surface area (Å²) in [5.74, 6) is 0.906. The van der Waals surface area contributed by atoms with Gasteiger partial charge in [-0.3, -0.25) is 9.89 Å². The van der Waals surface area contributed by atoms with Gasteiger partial charge < -0.3 is 15.2 Å². The van der Waals surface area contributed by atoms with Crippen LogP contribution in [0.2, 0.25) is 0 Å². The summed E-state index contributed by atoms with van der Waals surface area (Å²) >= 11 is 0. The van der Waals surface area contributed by atoms with Crippen molar-refractivity contribution >= 4 is 5.96 Å². The third kappa shape index (κ3) is 5.11. The zero-order chi connectivity index (χ0) is 18.2. The zero-order valence-electron chi connectivity index (χ0n) is 16.0. The van der Waals surface area contributed by atoms with Crippen LogP contribution in [0, 0.1) is 0 Å². The zero-order valence-corrected chi connectivity index (χ0v) is 16.0. The van der Waals surface area contributed by atoms with E-state index in [9.17, 15) is 0 Å². The van der Waals surface area contributed by atoms with Crippen molar-refractivity contribution < 1.29 is 0 Å². The molecule has 1 atom stereocenters. The predicted molar refractivity (Wildman–Crippen MR) is 108 cm³/mol. The van der Waals surface area contributed by atoms with Crippen LogP contribution in [-0.2, 0) is 19.5 Å². The molecule has 2 N–H and O–H groups in total. The SMILES string of the molecule is CCNC(=NCC(C)N1CCc2ccccc2C1)NCCn1cccc1. The van der Waals surface area contributed by atoms with Gasteiger partial charge in [-0.05, 0) is 43.5 Å². The third-order valence-electron chi connectivity index (χ3n) is 4.97. The Balaban J connectivity index is 1.50. The van der Waals surface area contributed by atoms with E-state index in [4.69, 9.17) is 4.99 Å². The molecule has 2 aromatic rings. The van der Waals surface area contributed by atoms with Crippen molar-refractivity contribution in [3.63, 3.8) is 0 Å². The van der Waals surface area contributed by atoms with Gasteiger partial charge in [0.25, 0.3) is 0 Å². The van der Waals surface area contributed by atoms with Crippen molar-refractivity contribution in [2.75, 3.05) is 26.2 Å². The molecule has 140 valence electrons. The molecule has 0 fully saturated rings. The van der Waals surface area contributed by atoms with Gasteiger partial charge in [-0.1, -0.05) is 24.3 Å². The Morgan fingerprint density at radius 2 is 1.88 bits per heavy atom. The molecule has 1 aromatic carbocycles. The Morgan fingerprint density at radius 1 is 1.12 bits per heavy atom. The maximum Gasteiger partial charge on any atom is 0.191 e. The van der Waals surface area contributed by atoms with E-state index in [1.165, 1.54) is 11.1 Å². The van der Waals surface area contributed by atoms with Gasteiger partial charge >= 0.3 is 0 Å². The van der Waals surface area contributed by atoms with Crippen molar-refractivity contribution in [3.05, 3.63) is 59.9 Å². The number of hydrogen-bond donors (Lipinski definition) is 2. The van der Waals surface area contributed by atoms with Gasteiger partial charge in [0.2, 0.25) is 0 Å². The van der Waals surface area contributed by atoms with Crippen LogP contribution in [0.15, 0.2) is 53.8 Å². The molecule has 1 aliphatic rings. The maximum atomic E-state index is 4.81. The Bertz CT molecular complexity index is 692. The number of aliphatic imine (C=N–C) groups is 1. The van der Waals surface area contributed by atoms with Gasteiger partial charge in [0.1, 0.15) is 0 Å². The molecule has 0 spiro atoms. The minimum Gasteiger partial charge on any atom is -0.357 e. The summed E-state index contributed by atoms with van der Waals surface area (Å²) in [6.07, 6.45) is 5.31. The fraction of sp³-hybridized carbons (Fsp3) is 0.476. The summed E-state index contributed by atoms with van der Waals surface area (Å²) in [5.41, 5.74) is 2.96. The van der Waals surface area contributed by atoms with Crippen LogP contribution >= 0.6 is 0 Å². The molecule has 0 radical (unpaired) electrons. The van der Waals surface area contributed by atoms with Crippen molar-refractivity contribution in [3.8, 4) is 0 Å². The molecule has 5 nitrogen and oxygen atoms in total. The standard InChI is InChI=1S/C21H31N5/c1-3-22-21(23-11-15-25-12-6-7-13-25)24-16-18(2)26-14-10-19-8-4-5-9-20(19)17-26/h4-9,12-13,18H,3,10-11,14-17H2,1-2H3,(H2,22,23,24). The quantitative estimate of drug-likeness (QED) is 0.594. The summed E-state index contributed by atoms with van der Waals surface area (Å²) in [6, 6.07) is 13.3. The second-order valence-corrected chi connectivity index (χ2v) is 6.91. The first-order valence-corrected chi connectivity index (χ1v) is 9.70. The smallest absolute Gasteiger partial charge is 0.191 e. The number of fused-ring (bicyclic) bond motifs is 1. The maximum absolute atomic E-state index is 4.81. The van der Waals surface area contributed by atoms with Crippen LogP contribution in [0.1, 0.15) is 25.0 Å². The number of nitrogens with zero attached hydrogens (tertiary/aromatic N) is 3. The van der Waals surface area contributed by atoms with E-state index in [0.29, 0.717) is 6.04 Å². The molecular weight excluding hydrogens is 322 g/mol. The Hall–Kier alpha value is -2.27. The van der Waals surface area contributed by atoms with Crippen molar-refractivity contribution in [2.45, 2.75) is 39.4 Å². The van der Waals surface area contributed by atoms with Crippen LogP contribution in [0.3, 0.4) is 0 Å². The van der Waals surface area contributed by atoms with Gasteiger partial charge in [-0.15, -0.1) is 0 Å². The first-order valence-electron chi connectivity index (χ1n) is 9.70. The van der Waals surface area contributed by atoms with Gasteiger partial charge in [0, 0.05) is 51.2 Å². The topological polar surface area (TPSA) is 44.6 Å². The third-order valence-corrected chi connectivity index (χ3v) is 4.97. The summed E-state index contributed by atoms with van der Waals surface area (Å²) in [6.45, 7) is 10.0. The van der Waals surface area contributed by atoms with Crippen molar-refractivity contribution in [1.82, 2.24) is 20.1 Å². The van der Waals surface area contributed by atoms with E-state index in [0.717, 1.165) is 51.6 Å². The van der Waals surface area contributed by atoms with Crippen molar-refractivity contribution in [2.24, 2.45) is 4.99 Å².